The van der Waals surface area contributed by atoms with E-state index in [1.165, 1.54) is 0 Å². The van der Waals surface area contributed by atoms with Crippen molar-refractivity contribution in [2.75, 3.05) is 42.1 Å². The summed E-state index contributed by atoms with van der Waals surface area (Å²) in [5.41, 5.74) is 1.53. The molecule has 1 fully saturated rings. The van der Waals surface area contributed by atoms with Gasteiger partial charge in [0.05, 0.1) is 17.5 Å². The van der Waals surface area contributed by atoms with Gasteiger partial charge in [-0.3, -0.25) is 9.52 Å². The van der Waals surface area contributed by atoms with Gasteiger partial charge < -0.3 is 9.80 Å². The summed E-state index contributed by atoms with van der Waals surface area (Å²) in [6.07, 6.45) is 2.82. The number of para-hydroxylation sites is 1. The zero-order valence-electron chi connectivity index (χ0n) is 15.2. The second kappa shape index (κ2) is 7.36. The molecule has 1 amide bonds. The molecular weight excluding hydrogens is 398 g/mol. The van der Waals surface area contributed by atoms with E-state index in [0.29, 0.717) is 37.4 Å². The molecule has 0 aliphatic carbocycles. The molecule has 0 radical (unpaired) electrons. The Morgan fingerprint density at radius 3 is 2.57 bits per heavy atom. The number of hydrogen-bond donors (Lipinski definition) is 1. The number of pyridine rings is 1. The Labute approximate surface area is 166 Å². The van der Waals surface area contributed by atoms with E-state index in [1.54, 1.807) is 46.7 Å². The van der Waals surface area contributed by atoms with Gasteiger partial charge in [-0.25, -0.2) is 18.4 Å². The van der Waals surface area contributed by atoms with Crippen molar-refractivity contribution in [2.45, 2.75) is 0 Å². The molecule has 1 aliphatic heterocycles. The average Bonchev–Trinajstić information content (AvgIpc) is 3.11. The fourth-order valence-corrected chi connectivity index (χ4v) is 4.66. The van der Waals surface area contributed by atoms with Crippen LogP contribution in [0.4, 0.5) is 10.8 Å². The quantitative estimate of drug-likeness (QED) is 0.698. The Balaban J connectivity index is 1.47. The summed E-state index contributed by atoms with van der Waals surface area (Å²) in [6.45, 7) is 2.39. The van der Waals surface area contributed by atoms with Gasteiger partial charge in [-0.05, 0) is 24.3 Å². The molecule has 0 saturated carbocycles. The molecule has 1 aromatic carbocycles. The summed E-state index contributed by atoms with van der Waals surface area (Å²) in [7, 11) is -3.46. The first kappa shape index (κ1) is 18.6. The van der Waals surface area contributed by atoms with Crippen molar-refractivity contribution in [3.63, 3.8) is 0 Å². The fourth-order valence-electron chi connectivity index (χ4n) is 3.12. The zero-order chi connectivity index (χ0) is 19.7. The van der Waals surface area contributed by atoms with Crippen LogP contribution in [0.1, 0.15) is 10.4 Å². The van der Waals surface area contributed by atoms with E-state index in [0.717, 1.165) is 21.7 Å². The average molecular weight is 418 g/mol. The van der Waals surface area contributed by atoms with E-state index < -0.39 is 10.0 Å². The van der Waals surface area contributed by atoms with Crippen molar-refractivity contribution >= 4 is 48.4 Å². The first-order chi connectivity index (χ1) is 13.4. The van der Waals surface area contributed by atoms with Crippen molar-refractivity contribution in [3.8, 4) is 0 Å². The highest BCUT2D eigenvalue weighted by Crippen LogP contribution is 2.28. The van der Waals surface area contributed by atoms with Gasteiger partial charge in [-0.1, -0.05) is 23.5 Å². The van der Waals surface area contributed by atoms with Gasteiger partial charge >= 0.3 is 0 Å². The summed E-state index contributed by atoms with van der Waals surface area (Å²) >= 11 is 1.54. The summed E-state index contributed by atoms with van der Waals surface area (Å²) in [6, 6.07) is 10.5. The van der Waals surface area contributed by atoms with Crippen LogP contribution < -0.4 is 9.62 Å². The summed E-state index contributed by atoms with van der Waals surface area (Å²) in [4.78, 5) is 26.7. The van der Waals surface area contributed by atoms with E-state index in [1.807, 2.05) is 12.1 Å². The normalized spacial score (nSPS) is 15.0. The predicted octanol–water partition coefficient (Wildman–Crippen LogP) is 2.03. The Kier molecular flexibility index (Phi) is 4.90. The summed E-state index contributed by atoms with van der Waals surface area (Å²) < 4.78 is 25.6. The molecule has 1 aliphatic rings. The standard InChI is InChI=1S/C18H19N5O3S2/c1-28(25,26)21-14-6-3-2-5-13(14)17(24)22-9-11-23(12-10-22)18-20-15-7-4-8-19-16(15)27-18/h2-8,21H,9-12H2,1H3. The van der Waals surface area contributed by atoms with Crippen LogP contribution in [0.2, 0.25) is 0 Å². The van der Waals surface area contributed by atoms with Crippen LogP contribution >= 0.6 is 11.3 Å². The minimum Gasteiger partial charge on any atom is -0.344 e. The van der Waals surface area contributed by atoms with Gasteiger partial charge in [0.15, 0.2) is 5.13 Å². The van der Waals surface area contributed by atoms with Gasteiger partial charge in [-0.2, -0.15) is 0 Å². The molecule has 1 saturated heterocycles. The van der Waals surface area contributed by atoms with Crippen LogP contribution in [0.15, 0.2) is 42.6 Å². The topological polar surface area (TPSA) is 95.5 Å². The second-order valence-electron chi connectivity index (χ2n) is 6.52. The maximum absolute atomic E-state index is 12.9. The van der Waals surface area contributed by atoms with Crippen LogP contribution in [0, 0.1) is 0 Å². The van der Waals surface area contributed by atoms with Gasteiger partial charge in [0.1, 0.15) is 10.3 Å². The zero-order valence-corrected chi connectivity index (χ0v) is 16.8. The molecule has 0 spiro atoms. The Morgan fingerprint density at radius 2 is 1.86 bits per heavy atom. The lowest BCUT2D eigenvalue weighted by Gasteiger charge is -2.34. The van der Waals surface area contributed by atoms with E-state index in [9.17, 15) is 13.2 Å². The number of rotatable bonds is 4. The minimum atomic E-state index is -3.46. The monoisotopic (exact) mass is 417 g/mol. The number of carbonyl (C=O) groups excluding carboxylic acids is 1. The molecule has 4 rings (SSSR count). The highest BCUT2D eigenvalue weighted by atomic mass is 32.2. The molecular formula is C18H19N5O3S2. The number of thiazole rings is 1. The van der Waals surface area contributed by atoms with Crippen molar-refractivity contribution in [3.05, 3.63) is 48.2 Å². The van der Waals surface area contributed by atoms with Gasteiger partial charge in [0.2, 0.25) is 10.0 Å². The van der Waals surface area contributed by atoms with Crippen molar-refractivity contribution < 1.29 is 13.2 Å². The largest absolute Gasteiger partial charge is 0.344 e. The number of sulfonamides is 1. The molecule has 146 valence electrons. The molecule has 3 aromatic rings. The van der Waals surface area contributed by atoms with Crippen molar-refractivity contribution in [1.82, 2.24) is 14.9 Å². The SMILES string of the molecule is CS(=O)(=O)Nc1ccccc1C(=O)N1CCN(c2nc3cccnc3s2)CC1. The summed E-state index contributed by atoms with van der Waals surface area (Å²) in [5.74, 6) is -0.183. The lowest BCUT2D eigenvalue weighted by molar-refractivity contribution is 0.0748. The number of anilines is 2. The van der Waals surface area contributed by atoms with Crippen LogP contribution in [-0.2, 0) is 10.0 Å². The fraction of sp³-hybridized carbons (Fsp3) is 0.278. The first-order valence-electron chi connectivity index (χ1n) is 8.73. The number of nitrogens with one attached hydrogen (secondary N) is 1. The number of piperazine rings is 1. The van der Waals surface area contributed by atoms with Crippen LogP contribution in [-0.4, -0.2) is 61.6 Å². The number of carbonyl (C=O) groups is 1. The molecule has 8 nitrogen and oxygen atoms in total. The Hall–Kier alpha value is -2.72. The number of fused-ring (bicyclic) bond motifs is 1. The smallest absolute Gasteiger partial charge is 0.256 e. The molecule has 28 heavy (non-hydrogen) atoms. The lowest BCUT2D eigenvalue weighted by atomic mass is 10.1. The van der Waals surface area contributed by atoms with E-state index in [-0.39, 0.29) is 5.91 Å². The highest BCUT2D eigenvalue weighted by molar-refractivity contribution is 7.92. The number of amides is 1. The third kappa shape index (κ3) is 3.92. The first-order valence-corrected chi connectivity index (χ1v) is 11.4. The molecule has 3 heterocycles. The predicted molar refractivity (Wildman–Crippen MR) is 110 cm³/mol. The van der Waals surface area contributed by atoms with Gasteiger partial charge in [0.25, 0.3) is 5.91 Å². The van der Waals surface area contributed by atoms with Crippen LogP contribution in [0.3, 0.4) is 0 Å². The number of benzene rings is 1. The van der Waals surface area contributed by atoms with Gasteiger partial charge in [0, 0.05) is 32.4 Å². The van der Waals surface area contributed by atoms with Gasteiger partial charge in [-0.15, -0.1) is 0 Å². The number of aromatic nitrogens is 2. The third-order valence-electron chi connectivity index (χ3n) is 4.45. The maximum atomic E-state index is 12.9. The third-order valence-corrected chi connectivity index (χ3v) is 6.08. The number of hydrogen-bond acceptors (Lipinski definition) is 7. The van der Waals surface area contributed by atoms with Crippen LogP contribution in [0.25, 0.3) is 10.3 Å². The molecule has 0 unspecified atom stereocenters. The van der Waals surface area contributed by atoms with Crippen LogP contribution in [0.5, 0.6) is 0 Å². The Morgan fingerprint density at radius 1 is 1.11 bits per heavy atom. The maximum Gasteiger partial charge on any atom is 0.256 e. The van der Waals surface area contributed by atoms with E-state index in [4.69, 9.17) is 0 Å². The minimum absolute atomic E-state index is 0.183. The second-order valence-corrected chi connectivity index (χ2v) is 9.23. The van der Waals surface area contributed by atoms with E-state index in [2.05, 4.69) is 19.6 Å². The molecule has 10 heteroatoms. The van der Waals surface area contributed by atoms with E-state index >= 15 is 0 Å². The Bertz CT molecular complexity index is 1090. The van der Waals surface area contributed by atoms with Crippen molar-refractivity contribution in [2.24, 2.45) is 0 Å². The lowest BCUT2D eigenvalue weighted by Crippen LogP contribution is -2.48. The molecule has 1 N–H and O–H groups in total. The molecule has 2 aromatic heterocycles. The number of nitrogens with zero attached hydrogens (tertiary/aromatic N) is 4. The highest BCUT2D eigenvalue weighted by Gasteiger charge is 2.25. The molecule has 0 atom stereocenters. The summed E-state index contributed by atoms with van der Waals surface area (Å²) in [5, 5.41) is 0.903. The molecule has 0 bridgehead atoms. The van der Waals surface area contributed by atoms with Crippen molar-refractivity contribution in [1.29, 1.82) is 0 Å².